The van der Waals surface area contributed by atoms with E-state index in [1.807, 2.05) is 36.5 Å². The molecule has 0 atom stereocenters. The topological polar surface area (TPSA) is 12.4 Å². The summed E-state index contributed by atoms with van der Waals surface area (Å²) in [6.07, 6.45) is 1.93. The highest BCUT2D eigenvalue weighted by Crippen LogP contribution is 2.45. The first-order valence-electron chi connectivity index (χ1n) is 16.4. The van der Waals surface area contributed by atoms with Gasteiger partial charge in [0.15, 0.2) is 0 Å². The molecule has 0 amide bonds. The molecule has 0 saturated carbocycles. The molecular weight excluding hydrogens is 579 g/mol. The van der Waals surface area contributed by atoms with Gasteiger partial charge in [-0.05, 0) is 112 Å². The van der Waals surface area contributed by atoms with Crippen LogP contribution in [0.2, 0.25) is 0 Å². The van der Waals surface area contributed by atoms with Crippen LogP contribution < -0.4 is 0 Å². The third-order valence-corrected chi connectivity index (χ3v) is 9.46. The number of rotatable bonds is 5. The SMILES string of the molecule is C(=Nc1ccccc1)c1ccc(-c2ccc3c(-c4ccc5ccccc5c4)c4ccccc4c(-c4ccc5ccccc5c4)c3c2)cc1. The Balaban J connectivity index is 1.27. The van der Waals surface area contributed by atoms with Gasteiger partial charge in [-0.25, -0.2) is 0 Å². The Morgan fingerprint density at radius 3 is 1.42 bits per heavy atom. The first-order valence-corrected chi connectivity index (χ1v) is 16.4. The van der Waals surface area contributed by atoms with Gasteiger partial charge in [0.25, 0.3) is 0 Å². The second-order valence-electron chi connectivity index (χ2n) is 12.4. The van der Waals surface area contributed by atoms with Crippen molar-refractivity contribution in [3.63, 3.8) is 0 Å². The molecule has 0 aliphatic rings. The molecule has 0 heterocycles. The summed E-state index contributed by atoms with van der Waals surface area (Å²) in [5, 5.41) is 10.0. The molecule has 0 saturated heterocycles. The summed E-state index contributed by atoms with van der Waals surface area (Å²) in [6, 6.07) is 65.7. The molecule has 0 unspecified atom stereocenters. The van der Waals surface area contributed by atoms with Crippen molar-refractivity contribution >= 4 is 55.0 Å². The molecule has 224 valence electrons. The summed E-state index contributed by atoms with van der Waals surface area (Å²) in [7, 11) is 0. The van der Waals surface area contributed by atoms with E-state index in [1.54, 1.807) is 0 Å². The van der Waals surface area contributed by atoms with Crippen LogP contribution >= 0.6 is 0 Å². The van der Waals surface area contributed by atoms with E-state index >= 15 is 0 Å². The van der Waals surface area contributed by atoms with E-state index < -0.39 is 0 Å². The first-order chi connectivity index (χ1) is 23.8. The average Bonchev–Trinajstić information content (AvgIpc) is 3.16. The van der Waals surface area contributed by atoms with Gasteiger partial charge in [-0.2, -0.15) is 0 Å². The largest absolute Gasteiger partial charge is 0.256 e. The van der Waals surface area contributed by atoms with Gasteiger partial charge in [-0.15, -0.1) is 0 Å². The molecule has 0 aliphatic heterocycles. The van der Waals surface area contributed by atoms with Crippen LogP contribution in [0.25, 0.3) is 76.5 Å². The molecule has 0 N–H and O–H groups in total. The smallest absolute Gasteiger partial charge is 0.0629 e. The van der Waals surface area contributed by atoms with Crippen molar-refractivity contribution in [1.82, 2.24) is 0 Å². The number of aliphatic imine (C=N–C) groups is 1. The molecule has 0 bridgehead atoms. The maximum atomic E-state index is 4.65. The maximum absolute atomic E-state index is 4.65. The summed E-state index contributed by atoms with van der Waals surface area (Å²) >= 11 is 0. The van der Waals surface area contributed by atoms with Crippen molar-refractivity contribution in [2.45, 2.75) is 0 Å². The monoisotopic (exact) mass is 609 g/mol. The Labute approximate surface area is 280 Å². The molecule has 0 aliphatic carbocycles. The predicted octanol–water partition coefficient (Wildman–Crippen LogP) is 13.1. The zero-order valence-electron chi connectivity index (χ0n) is 26.3. The maximum Gasteiger partial charge on any atom is 0.0629 e. The zero-order chi connectivity index (χ0) is 31.9. The van der Waals surface area contributed by atoms with Gasteiger partial charge in [0.1, 0.15) is 0 Å². The van der Waals surface area contributed by atoms with E-state index in [9.17, 15) is 0 Å². The summed E-state index contributed by atoms with van der Waals surface area (Å²) in [5.74, 6) is 0. The van der Waals surface area contributed by atoms with Crippen molar-refractivity contribution in [3.05, 3.63) is 188 Å². The summed E-state index contributed by atoms with van der Waals surface area (Å²) in [4.78, 5) is 4.65. The Morgan fingerprint density at radius 1 is 0.312 bits per heavy atom. The van der Waals surface area contributed by atoms with Crippen molar-refractivity contribution in [3.8, 4) is 33.4 Å². The molecule has 9 aromatic carbocycles. The van der Waals surface area contributed by atoms with Gasteiger partial charge in [0.2, 0.25) is 0 Å². The molecule has 0 radical (unpaired) electrons. The lowest BCUT2D eigenvalue weighted by molar-refractivity contribution is 1.52. The third-order valence-electron chi connectivity index (χ3n) is 9.46. The van der Waals surface area contributed by atoms with Crippen LogP contribution in [0.1, 0.15) is 5.56 Å². The van der Waals surface area contributed by atoms with Crippen molar-refractivity contribution < 1.29 is 0 Å². The van der Waals surface area contributed by atoms with Crippen molar-refractivity contribution in [2.24, 2.45) is 4.99 Å². The fraction of sp³-hybridized carbons (Fsp3) is 0. The Morgan fingerprint density at radius 2 is 0.792 bits per heavy atom. The van der Waals surface area contributed by atoms with E-state index in [2.05, 4.69) is 157 Å². The molecule has 48 heavy (non-hydrogen) atoms. The van der Waals surface area contributed by atoms with E-state index in [0.29, 0.717) is 0 Å². The Kier molecular flexibility index (Phi) is 6.87. The lowest BCUT2D eigenvalue weighted by atomic mass is 9.84. The highest BCUT2D eigenvalue weighted by molar-refractivity contribution is 6.22. The van der Waals surface area contributed by atoms with Gasteiger partial charge in [-0.1, -0.05) is 152 Å². The number of benzene rings is 9. The number of fused-ring (bicyclic) bond motifs is 4. The minimum atomic E-state index is 0.951. The minimum absolute atomic E-state index is 0.951. The number of nitrogens with zero attached hydrogens (tertiary/aromatic N) is 1. The molecule has 0 aromatic heterocycles. The van der Waals surface area contributed by atoms with Crippen LogP contribution in [0.15, 0.2) is 187 Å². The van der Waals surface area contributed by atoms with Crippen LogP contribution in [0.3, 0.4) is 0 Å². The first kappa shape index (κ1) is 28.0. The normalized spacial score (nSPS) is 11.7. The number of para-hydroxylation sites is 1. The van der Waals surface area contributed by atoms with Crippen LogP contribution in [0.5, 0.6) is 0 Å². The molecule has 9 rings (SSSR count). The quantitative estimate of drug-likeness (QED) is 0.136. The zero-order valence-corrected chi connectivity index (χ0v) is 26.3. The Hall–Kier alpha value is -6.31. The van der Waals surface area contributed by atoms with Crippen LogP contribution in [-0.2, 0) is 0 Å². The van der Waals surface area contributed by atoms with E-state index in [4.69, 9.17) is 0 Å². The fourth-order valence-electron chi connectivity index (χ4n) is 7.09. The molecule has 1 heteroatoms. The number of hydrogen-bond acceptors (Lipinski definition) is 1. The van der Waals surface area contributed by atoms with E-state index in [-0.39, 0.29) is 0 Å². The van der Waals surface area contributed by atoms with E-state index in [1.165, 1.54) is 76.5 Å². The van der Waals surface area contributed by atoms with E-state index in [0.717, 1.165) is 11.3 Å². The fourth-order valence-corrected chi connectivity index (χ4v) is 7.09. The van der Waals surface area contributed by atoms with Crippen LogP contribution in [0, 0.1) is 0 Å². The number of hydrogen-bond donors (Lipinski definition) is 0. The van der Waals surface area contributed by atoms with Crippen LogP contribution in [0.4, 0.5) is 5.69 Å². The lowest BCUT2D eigenvalue weighted by Crippen LogP contribution is -1.92. The standard InChI is InChI=1S/C47H31N/c1-2-14-41(15-3-1)48-31-32-18-20-35(21-19-32)38-26-27-44-45(30-38)47(40-25-23-34-11-5-7-13-37(34)29-40)43-17-9-8-16-42(43)46(44)39-24-22-33-10-4-6-12-36(33)28-39/h1-31H. The van der Waals surface area contributed by atoms with Gasteiger partial charge in [0.05, 0.1) is 5.69 Å². The Bertz CT molecular complexity index is 2650. The second-order valence-corrected chi connectivity index (χ2v) is 12.4. The molecule has 0 fully saturated rings. The third kappa shape index (κ3) is 5.03. The molecule has 0 spiro atoms. The highest BCUT2D eigenvalue weighted by Gasteiger charge is 2.18. The predicted molar refractivity (Wildman–Crippen MR) is 206 cm³/mol. The van der Waals surface area contributed by atoms with Gasteiger partial charge >= 0.3 is 0 Å². The van der Waals surface area contributed by atoms with Crippen LogP contribution in [-0.4, -0.2) is 6.21 Å². The minimum Gasteiger partial charge on any atom is -0.256 e. The molecule has 1 nitrogen and oxygen atoms in total. The molecular formula is C47H31N. The average molecular weight is 610 g/mol. The summed E-state index contributed by atoms with van der Waals surface area (Å²) in [6.45, 7) is 0. The van der Waals surface area contributed by atoms with Gasteiger partial charge in [-0.3, -0.25) is 4.99 Å². The van der Waals surface area contributed by atoms with Gasteiger partial charge < -0.3 is 0 Å². The summed E-state index contributed by atoms with van der Waals surface area (Å²) in [5.41, 5.74) is 9.39. The highest BCUT2D eigenvalue weighted by atomic mass is 14.7. The second kappa shape index (κ2) is 11.8. The van der Waals surface area contributed by atoms with Crippen molar-refractivity contribution in [1.29, 1.82) is 0 Å². The lowest BCUT2D eigenvalue weighted by Gasteiger charge is -2.19. The van der Waals surface area contributed by atoms with Crippen molar-refractivity contribution in [2.75, 3.05) is 0 Å². The summed E-state index contributed by atoms with van der Waals surface area (Å²) < 4.78 is 0. The molecule has 9 aromatic rings. The van der Waals surface area contributed by atoms with Gasteiger partial charge in [0, 0.05) is 6.21 Å².